The number of thiophene rings is 1. The van der Waals surface area contributed by atoms with Crippen molar-refractivity contribution < 1.29 is 4.79 Å². The number of likely N-dealkylation sites (tertiary alicyclic amines) is 1. The summed E-state index contributed by atoms with van der Waals surface area (Å²) in [6.45, 7) is 12.5. The zero-order valence-electron chi connectivity index (χ0n) is 22.5. The second-order valence-corrected chi connectivity index (χ2v) is 12.0. The van der Waals surface area contributed by atoms with Gasteiger partial charge in [0.05, 0.1) is 17.8 Å². The highest BCUT2D eigenvalue weighted by Crippen LogP contribution is 2.42. The van der Waals surface area contributed by atoms with Crippen LogP contribution in [-0.4, -0.2) is 45.3 Å². The summed E-state index contributed by atoms with van der Waals surface area (Å²) in [5.41, 5.74) is 5.61. The lowest BCUT2D eigenvalue weighted by Crippen LogP contribution is -2.35. The monoisotopic (exact) mass is 518 g/mol. The van der Waals surface area contributed by atoms with E-state index in [4.69, 9.17) is 0 Å². The zero-order valence-corrected chi connectivity index (χ0v) is 23.3. The van der Waals surface area contributed by atoms with E-state index in [1.165, 1.54) is 22.6 Å². The Kier molecular flexibility index (Phi) is 7.63. The number of nitrogens with zero attached hydrogens (tertiary/aromatic N) is 3. The summed E-state index contributed by atoms with van der Waals surface area (Å²) in [5, 5.41) is 0. The summed E-state index contributed by atoms with van der Waals surface area (Å²) in [7, 11) is 0. The first-order valence-electron chi connectivity index (χ1n) is 13.5. The third-order valence-corrected chi connectivity index (χ3v) is 9.85. The molecule has 6 nitrogen and oxygen atoms in total. The molecule has 0 aliphatic carbocycles. The largest absolute Gasteiger partial charge is 0.334 e. The van der Waals surface area contributed by atoms with Crippen LogP contribution < -0.4 is 5.56 Å². The fourth-order valence-electron chi connectivity index (χ4n) is 6.14. The lowest BCUT2D eigenvalue weighted by molar-refractivity contribution is 0.0747. The molecule has 0 radical (unpaired) electrons. The Morgan fingerprint density at radius 1 is 1.11 bits per heavy atom. The fourth-order valence-corrected chi connectivity index (χ4v) is 7.63. The van der Waals surface area contributed by atoms with Crippen molar-refractivity contribution in [3.63, 3.8) is 0 Å². The van der Waals surface area contributed by atoms with Crippen molar-refractivity contribution >= 4 is 17.2 Å². The normalized spacial score (nSPS) is 18.1. The minimum Gasteiger partial charge on any atom is -0.334 e. The van der Waals surface area contributed by atoms with Gasteiger partial charge in [-0.25, -0.2) is 0 Å². The second kappa shape index (κ2) is 10.9. The van der Waals surface area contributed by atoms with Crippen LogP contribution in [0.15, 0.2) is 35.3 Å². The number of amides is 1. The van der Waals surface area contributed by atoms with Gasteiger partial charge in [0.25, 0.3) is 11.5 Å². The van der Waals surface area contributed by atoms with Gasteiger partial charge in [0, 0.05) is 40.3 Å². The van der Waals surface area contributed by atoms with E-state index in [2.05, 4.69) is 40.8 Å². The molecular weight excluding hydrogens is 480 g/mol. The first kappa shape index (κ1) is 25.9. The first-order valence-corrected chi connectivity index (χ1v) is 14.4. The molecule has 3 aromatic heterocycles. The Morgan fingerprint density at radius 3 is 2.59 bits per heavy atom. The molecule has 1 fully saturated rings. The summed E-state index contributed by atoms with van der Waals surface area (Å²) < 4.78 is 0. The van der Waals surface area contributed by atoms with Gasteiger partial charge in [0.1, 0.15) is 0 Å². The van der Waals surface area contributed by atoms with E-state index in [1.54, 1.807) is 0 Å². The predicted octanol–water partition coefficient (Wildman–Crippen LogP) is 5.36. The van der Waals surface area contributed by atoms with Crippen molar-refractivity contribution in [3.05, 3.63) is 84.2 Å². The van der Waals surface area contributed by atoms with E-state index >= 15 is 0 Å². The van der Waals surface area contributed by atoms with Crippen LogP contribution in [0.4, 0.5) is 0 Å². The maximum absolute atomic E-state index is 13.8. The van der Waals surface area contributed by atoms with Crippen LogP contribution >= 0.6 is 11.3 Å². The van der Waals surface area contributed by atoms with Crippen LogP contribution in [-0.2, 0) is 19.5 Å². The molecule has 0 aromatic carbocycles. The van der Waals surface area contributed by atoms with Crippen molar-refractivity contribution in [3.8, 4) is 0 Å². The summed E-state index contributed by atoms with van der Waals surface area (Å²) in [4.78, 5) is 40.8. The number of H-pyrrole nitrogens is 1. The molecule has 1 atom stereocenters. The molecule has 3 aromatic rings. The molecule has 0 bridgehead atoms. The minimum absolute atomic E-state index is 0.0829. The molecule has 37 heavy (non-hydrogen) atoms. The number of hydrogen-bond donors (Lipinski definition) is 1. The van der Waals surface area contributed by atoms with Crippen LogP contribution in [0.1, 0.15) is 80.3 Å². The average molecular weight is 519 g/mol. The standard InChI is InChI=1S/C30H38N4O2S/c1-19-16-20(2)32-29(35)25(19)18-34-13-7-9-26-27(30(34)36)22(4)28(37-26)21(3)23-10-14-33(15-11-23)17-24-8-5-6-12-31-24/h5-6,8,12,16,21,23H,7,9-11,13-15,17-18H2,1-4H3,(H,32,35)/t21-/m1/s1. The van der Waals surface area contributed by atoms with Gasteiger partial charge in [0.2, 0.25) is 0 Å². The molecule has 2 aliphatic heterocycles. The van der Waals surface area contributed by atoms with E-state index in [-0.39, 0.29) is 11.5 Å². The number of rotatable bonds is 6. The molecule has 196 valence electrons. The summed E-state index contributed by atoms with van der Waals surface area (Å²) in [6.07, 6.45) is 6.08. The molecular formula is C30H38N4O2S. The van der Waals surface area contributed by atoms with Crippen LogP contribution in [0.2, 0.25) is 0 Å². The van der Waals surface area contributed by atoms with Gasteiger partial charge in [-0.15, -0.1) is 11.3 Å². The maximum atomic E-state index is 13.8. The SMILES string of the molecule is Cc1cc(C)c(CN2CCCc3sc([C@H](C)C4CCN(Cc5ccccn5)CC4)c(C)c3C2=O)c(=O)[nH]1. The van der Waals surface area contributed by atoms with Crippen molar-refractivity contribution in [2.75, 3.05) is 19.6 Å². The van der Waals surface area contributed by atoms with E-state index in [9.17, 15) is 9.59 Å². The highest BCUT2D eigenvalue weighted by atomic mass is 32.1. The smallest absolute Gasteiger partial charge is 0.255 e. The van der Waals surface area contributed by atoms with Gasteiger partial charge >= 0.3 is 0 Å². The number of pyridine rings is 2. The highest BCUT2D eigenvalue weighted by Gasteiger charge is 2.33. The Hall–Kier alpha value is -2.77. The molecule has 0 unspecified atom stereocenters. The lowest BCUT2D eigenvalue weighted by Gasteiger charge is -2.34. The number of hydrogen-bond acceptors (Lipinski definition) is 5. The van der Waals surface area contributed by atoms with Gasteiger partial charge in [0.15, 0.2) is 0 Å². The summed E-state index contributed by atoms with van der Waals surface area (Å²) in [5.74, 6) is 1.16. The summed E-state index contributed by atoms with van der Waals surface area (Å²) in [6, 6.07) is 8.12. The molecule has 2 aliphatic rings. The summed E-state index contributed by atoms with van der Waals surface area (Å²) >= 11 is 1.86. The zero-order chi connectivity index (χ0) is 26.1. The lowest BCUT2D eigenvalue weighted by atomic mass is 9.83. The van der Waals surface area contributed by atoms with Crippen molar-refractivity contribution in [1.82, 2.24) is 19.8 Å². The van der Waals surface area contributed by atoms with Crippen molar-refractivity contribution in [2.24, 2.45) is 5.92 Å². The van der Waals surface area contributed by atoms with Crippen LogP contribution in [0.5, 0.6) is 0 Å². The van der Waals surface area contributed by atoms with Gasteiger partial charge in [-0.3, -0.25) is 19.5 Å². The van der Waals surface area contributed by atoms with Gasteiger partial charge < -0.3 is 9.88 Å². The Morgan fingerprint density at radius 2 is 1.89 bits per heavy atom. The number of aromatic nitrogens is 2. The molecule has 1 N–H and O–H groups in total. The fraction of sp³-hybridized carbons (Fsp3) is 0.500. The Labute approximate surface area is 223 Å². The molecule has 0 spiro atoms. The number of fused-ring (bicyclic) bond motifs is 1. The van der Waals surface area contributed by atoms with E-state index in [0.717, 1.165) is 60.6 Å². The molecule has 5 rings (SSSR count). The van der Waals surface area contributed by atoms with Crippen LogP contribution in [0.3, 0.4) is 0 Å². The highest BCUT2D eigenvalue weighted by molar-refractivity contribution is 7.12. The molecule has 7 heteroatoms. The Bertz CT molecular complexity index is 1320. The number of carbonyl (C=O) groups is 1. The number of aryl methyl sites for hydroxylation is 3. The van der Waals surface area contributed by atoms with Crippen molar-refractivity contribution in [1.29, 1.82) is 0 Å². The molecule has 1 saturated heterocycles. The quantitative estimate of drug-likeness (QED) is 0.477. The molecule has 1 amide bonds. The van der Waals surface area contributed by atoms with Crippen molar-refractivity contribution in [2.45, 2.75) is 72.4 Å². The third-order valence-electron chi connectivity index (χ3n) is 8.30. The number of carbonyl (C=O) groups excluding carboxylic acids is 1. The topological polar surface area (TPSA) is 69.3 Å². The second-order valence-electron chi connectivity index (χ2n) is 10.9. The van der Waals surface area contributed by atoms with E-state index in [1.807, 2.05) is 48.4 Å². The van der Waals surface area contributed by atoms with E-state index < -0.39 is 0 Å². The van der Waals surface area contributed by atoms with Gasteiger partial charge in [-0.2, -0.15) is 0 Å². The Balaban J connectivity index is 1.30. The maximum Gasteiger partial charge on any atom is 0.255 e. The third kappa shape index (κ3) is 5.43. The minimum atomic E-state index is -0.0829. The molecule has 0 saturated carbocycles. The number of piperidine rings is 1. The first-order chi connectivity index (χ1) is 17.8. The number of aromatic amines is 1. The van der Waals surface area contributed by atoms with E-state index in [0.29, 0.717) is 30.5 Å². The average Bonchev–Trinajstić information content (AvgIpc) is 3.12. The van der Waals surface area contributed by atoms with Gasteiger partial charge in [-0.05, 0) is 101 Å². The molecule has 5 heterocycles. The van der Waals surface area contributed by atoms with Crippen LogP contribution in [0.25, 0.3) is 0 Å². The van der Waals surface area contributed by atoms with Crippen LogP contribution in [0, 0.1) is 26.7 Å². The number of nitrogens with one attached hydrogen (secondary N) is 1. The predicted molar refractivity (Wildman–Crippen MR) is 149 cm³/mol. The van der Waals surface area contributed by atoms with Gasteiger partial charge in [-0.1, -0.05) is 13.0 Å².